The van der Waals surface area contributed by atoms with Crippen molar-refractivity contribution in [1.29, 1.82) is 0 Å². The highest BCUT2D eigenvalue weighted by atomic mass is 32.2. The summed E-state index contributed by atoms with van der Waals surface area (Å²) in [5, 5.41) is 2.72. The summed E-state index contributed by atoms with van der Waals surface area (Å²) in [5.74, 6) is 0.726. The molecule has 2 aromatic carbocycles. The predicted molar refractivity (Wildman–Crippen MR) is 127 cm³/mol. The maximum Gasteiger partial charge on any atom is 0.243 e. The molecule has 0 unspecified atom stereocenters. The van der Waals surface area contributed by atoms with Crippen molar-refractivity contribution in [3.05, 3.63) is 42.5 Å². The number of hydrogen-bond donors (Lipinski definition) is 1. The molecule has 2 aromatic rings. The number of hydrogen-bond acceptors (Lipinski definition) is 7. The van der Waals surface area contributed by atoms with Crippen molar-refractivity contribution in [2.24, 2.45) is 0 Å². The Morgan fingerprint density at radius 3 is 2.35 bits per heavy atom. The molecule has 2 heterocycles. The van der Waals surface area contributed by atoms with E-state index in [0.717, 1.165) is 19.1 Å². The standard InChI is InChI=1S/C22H27N3O7S2/c1-33(27,28)25(18-8-11-20-21(15-18)32-16-31-20)14-4-5-22(26)23-17-6-9-19(10-7-17)34(29,30)24-12-2-3-13-24/h6-11,15H,2-5,12-14,16H2,1H3,(H,23,26). The predicted octanol–water partition coefficient (Wildman–Crippen LogP) is 2.38. The number of ether oxygens (including phenoxy) is 2. The maximum absolute atomic E-state index is 12.6. The van der Waals surface area contributed by atoms with E-state index >= 15 is 0 Å². The van der Waals surface area contributed by atoms with Gasteiger partial charge in [-0.2, -0.15) is 4.31 Å². The minimum absolute atomic E-state index is 0.0863. The average molecular weight is 510 g/mol. The van der Waals surface area contributed by atoms with Crippen molar-refractivity contribution >= 4 is 37.3 Å². The fourth-order valence-electron chi connectivity index (χ4n) is 3.92. The zero-order valence-electron chi connectivity index (χ0n) is 18.8. The van der Waals surface area contributed by atoms with Gasteiger partial charge in [0.25, 0.3) is 0 Å². The third-order valence-electron chi connectivity index (χ3n) is 5.65. The SMILES string of the molecule is CS(=O)(=O)N(CCCC(=O)Nc1ccc(S(=O)(=O)N2CCCC2)cc1)c1ccc2c(c1)OCO2. The third kappa shape index (κ3) is 5.45. The minimum Gasteiger partial charge on any atom is -0.454 e. The number of nitrogens with zero attached hydrogens (tertiary/aromatic N) is 2. The largest absolute Gasteiger partial charge is 0.454 e. The van der Waals surface area contributed by atoms with E-state index in [1.165, 1.54) is 20.7 Å². The van der Waals surface area contributed by atoms with Crippen LogP contribution in [-0.4, -0.2) is 59.7 Å². The monoisotopic (exact) mass is 509 g/mol. The van der Waals surface area contributed by atoms with Gasteiger partial charge < -0.3 is 14.8 Å². The van der Waals surface area contributed by atoms with Gasteiger partial charge in [-0.1, -0.05) is 0 Å². The van der Waals surface area contributed by atoms with Gasteiger partial charge in [0.15, 0.2) is 11.5 Å². The Labute approximate surface area is 199 Å². The van der Waals surface area contributed by atoms with Crippen LogP contribution in [-0.2, 0) is 24.8 Å². The van der Waals surface area contributed by atoms with E-state index in [-0.39, 0.29) is 37.0 Å². The summed E-state index contributed by atoms with van der Waals surface area (Å²) in [6, 6.07) is 10.9. The molecule has 0 aliphatic carbocycles. The van der Waals surface area contributed by atoms with Gasteiger partial charge in [-0.05, 0) is 55.7 Å². The first kappa shape index (κ1) is 24.3. The number of rotatable bonds is 9. The summed E-state index contributed by atoms with van der Waals surface area (Å²) >= 11 is 0. The zero-order valence-corrected chi connectivity index (χ0v) is 20.4. The fraction of sp³-hybridized carbons (Fsp3) is 0.409. The average Bonchev–Trinajstić information content (AvgIpc) is 3.48. The molecule has 4 rings (SSSR count). The number of amides is 1. The second-order valence-electron chi connectivity index (χ2n) is 8.16. The van der Waals surface area contributed by atoms with Gasteiger partial charge in [0.1, 0.15) is 0 Å². The zero-order chi connectivity index (χ0) is 24.3. The number of anilines is 2. The number of sulfonamides is 2. The molecular weight excluding hydrogens is 482 g/mol. The van der Waals surface area contributed by atoms with Crippen LogP contribution in [0.1, 0.15) is 25.7 Å². The molecule has 0 bridgehead atoms. The molecule has 34 heavy (non-hydrogen) atoms. The van der Waals surface area contributed by atoms with Crippen LogP contribution in [0.3, 0.4) is 0 Å². The number of fused-ring (bicyclic) bond motifs is 1. The first-order chi connectivity index (χ1) is 16.1. The molecule has 0 radical (unpaired) electrons. The lowest BCUT2D eigenvalue weighted by atomic mass is 10.2. The molecule has 1 fully saturated rings. The molecule has 2 aliphatic rings. The molecule has 0 aromatic heterocycles. The molecular formula is C22H27N3O7S2. The Kier molecular flexibility index (Phi) is 7.01. The summed E-state index contributed by atoms with van der Waals surface area (Å²) < 4.78 is 63.1. The summed E-state index contributed by atoms with van der Waals surface area (Å²) in [5.41, 5.74) is 0.906. The van der Waals surface area contributed by atoms with Crippen LogP contribution in [0.25, 0.3) is 0 Å². The van der Waals surface area contributed by atoms with Crippen molar-refractivity contribution in [3.8, 4) is 11.5 Å². The Morgan fingerprint density at radius 1 is 1.00 bits per heavy atom. The number of carbonyl (C=O) groups is 1. The van der Waals surface area contributed by atoms with Crippen molar-refractivity contribution in [2.75, 3.05) is 42.3 Å². The molecule has 1 amide bonds. The van der Waals surface area contributed by atoms with Gasteiger partial charge in [-0.25, -0.2) is 16.8 Å². The van der Waals surface area contributed by atoms with E-state index in [9.17, 15) is 21.6 Å². The van der Waals surface area contributed by atoms with Gasteiger partial charge in [0.2, 0.25) is 32.7 Å². The van der Waals surface area contributed by atoms with Gasteiger partial charge in [-0.15, -0.1) is 0 Å². The number of carbonyl (C=O) groups excluding carboxylic acids is 1. The normalized spacial score (nSPS) is 15.9. The summed E-state index contributed by atoms with van der Waals surface area (Å²) in [6.45, 7) is 1.25. The Balaban J connectivity index is 1.33. The van der Waals surface area contributed by atoms with Crippen LogP contribution < -0.4 is 19.1 Å². The summed E-state index contributed by atoms with van der Waals surface area (Å²) in [4.78, 5) is 12.6. The van der Waals surface area contributed by atoms with Crippen LogP contribution >= 0.6 is 0 Å². The highest BCUT2D eigenvalue weighted by molar-refractivity contribution is 7.92. The van der Waals surface area contributed by atoms with Gasteiger partial charge >= 0.3 is 0 Å². The lowest BCUT2D eigenvalue weighted by Gasteiger charge is -2.22. The van der Waals surface area contributed by atoms with Crippen LogP contribution in [0, 0.1) is 0 Å². The Bertz CT molecular complexity index is 1260. The molecule has 1 N–H and O–H groups in total. The lowest BCUT2D eigenvalue weighted by Crippen LogP contribution is -2.31. The quantitative estimate of drug-likeness (QED) is 0.551. The highest BCUT2D eigenvalue weighted by Crippen LogP contribution is 2.36. The van der Waals surface area contributed by atoms with Gasteiger partial charge in [0, 0.05) is 37.8 Å². The van der Waals surface area contributed by atoms with E-state index in [4.69, 9.17) is 9.47 Å². The number of nitrogens with one attached hydrogen (secondary N) is 1. The maximum atomic E-state index is 12.6. The molecule has 12 heteroatoms. The van der Waals surface area contributed by atoms with Crippen LogP contribution in [0.2, 0.25) is 0 Å². The molecule has 10 nitrogen and oxygen atoms in total. The van der Waals surface area contributed by atoms with Crippen molar-refractivity contribution in [2.45, 2.75) is 30.6 Å². The second kappa shape index (κ2) is 9.80. The summed E-state index contributed by atoms with van der Waals surface area (Å²) in [6.07, 6.45) is 3.20. The molecule has 0 saturated carbocycles. The van der Waals surface area contributed by atoms with Gasteiger partial charge in [0.05, 0.1) is 16.8 Å². The van der Waals surface area contributed by atoms with Crippen molar-refractivity contribution in [3.63, 3.8) is 0 Å². The molecule has 0 spiro atoms. The molecule has 0 atom stereocenters. The summed E-state index contributed by atoms with van der Waals surface area (Å²) in [7, 11) is -7.08. The van der Waals surface area contributed by atoms with Crippen molar-refractivity contribution in [1.82, 2.24) is 4.31 Å². The fourth-order valence-corrected chi connectivity index (χ4v) is 6.40. The van der Waals surface area contributed by atoms with Crippen LogP contribution in [0.4, 0.5) is 11.4 Å². The number of benzene rings is 2. The van der Waals surface area contributed by atoms with Crippen LogP contribution in [0.5, 0.6) is 11.5 Å². The van der Waals surface area contributed by atoms with E-state index in [1.807, 2.05) is 0 Å². The third-order valence-corrected chi connectivity index (χ3v) is 8.76. The molecule has 2 aliphatic heterocycles. The molecule has 184 valence electrons. The Morgan fingerprint density at radius 2 is 1.68 bits per heavy atom. The highest BCUT2D eigenvalue weighted by Gasteiger charge is 2.27. The smallest absolute Gasteiger partial charge is 0.243 e. The van der Waals surface area contributed by atoms with E-state index in [0.29, 0.717) is 36.0 Å². The first-order valence-corrected chi connectivity index (χ1v) is 14.2. The lowest BCUT2D eigenvalue weighted by molar-refractivity contribution is -0.116. The van der Waals surface area contributed by atoms with E-state index in [1.54, 1.807) is 30.3 Å². The Hall–Kier alpha value is -2.83. The second-order valence-corrected chi connectivity index (χ2v) is 12.0. The van der Waals surface area contributed by atoms with Crippen LogP contribution in [0.15, 0.2) is 47.4 Å². The van der Waals surface area contributed by atoms with Gasteiger partial charge in [-0.3, -0.25) is 9.10 Å². The minimum atomic E-state index is -3.57. The van der Waals surface area contributed by atoms with Crippen molar-refractivity contribution < 1.29 is 31.1 Å². The topological polar surface area (TPSA) is 122 Å². The molecule has 1 saturated heterocycles. The first-order valence-electron chi connectivity index (χ1n) is 10.9. The van der Waals surface area contributed by atoms with E-state index in [2.05, 4.69) is 5.32 Å². The van der Waals surface area contributed by atoms with E-state index < -0.39 is 20.0 Å².